The molecule has 1 saturated heterocycles. The van der Waals surface area contributed by atoms with Gasteiger partial charge in [-0.3, -0.25) is 14.5 Å². The number of carbonyl (C=O) groups is 2. The van der Waals surface area contributed by atoms with E-state index in [1.165, 1.54) is 7.11 Å². The zero-order chi connectivity index (χ0) is 14.8. The molecule has 0 amide bonds. The van der Waals surface area contributed by atoms with Gasteiger partial charge in [-0.05, 0) is 5.56 Å². The minimum atomic E-state index is -1.41. The monoisotopic (exact) mass is 278 g/mol. The van der Waals surface area contributed by atoms with Gasteiger partial charge in [-0.2, -0.15) is 0 Å². The summed E-state index contributed by atoms with van der Waals surface area (Å²) in [7, 11) is 1.29. The molecule has 0 radical (unpaired) electrons. The maximum atomic E-state index is 11.8. The third kappa shape index (κ3) is 2.81. The Bertz CT molecular complexity index is 505. The lowest BCUT2D eigenvalue weighted by atomic mass is 9.98. The normalized spacial score (nSPS) is 26.4. The van der Waals surface area contributed by atoms with Gasteiger partial charge in [0.1, 0.15) is 11.6 Å². The summed E-state index contributed by atoms with van der Waals surface area (Å²) in [5.41, 5.74) is 5.47. The second-order valence-electron chi connectivity index (χ2n) is 5.09. The van der Waals surface area contributed by atoms with Crippen LogP contribution in [0.4, 0.5) is 0 Å². The van der Waals surface area contributed by atoms with Gasteiger partial charge in [0, 0.05) is 19.5 Å². The number of carboxylic acids is 1. The largest absolute Gasteiger partial charge is 0.480 e. The fourth-order valence-corrected chi connectivity index (χ4v) is 2.52. The summed E-state index contributed by atoms with van der Waals surface area (Å²) in [5.74, 6) is -1.54. The van der Waals surface area contributed by atoms with Gasteiger partial charge in [-0.25, -0.2) is 0 Å². The van der Waals surface area contributed by atoms with E-state index < -0.39 is 23.5 Å². The van der Waals surface area contributed by atoms with E-state index in [4.69, 9.17) is 10.5 Å². The molecule has 20 heavy (non-hydrogen) atoms. The van der Waals surface area contributed by atoms with Crippen LogP contribution in [0.25, 0.3) is 0 Å². The molecule has 1 aliphatic heterocycles. The maximum absolute atomic E-state index is 11.8. The fourth-order valence-electron chi connectivity index (χ4n) is 2.52. The van der Waals surface area contributed by atoms with Crippen molar-refractivity contribution in [2.24, 2.45) is 5.73 Å². The number of benzene rings is 1. The highest BCUT2D eigenvalue weighted by molar-refractivity contribution is 5.83. The maximum Gasteiger partial charge on any atom is 0.325 e. The number of hydrogen-bond acceptors (Lipinski definition) is 5. The molecule has 1 aromatic carbocycles. The van der Waals surface area contributed by atoms with E-state index in [1.54, 1.807) is 4.90 Å². The Morgan fingerprint density at radius 3 is 2.65 bits per heavy atom. The summed E-state index contributed by atoms with van der Waals surface area (Å²) in [6.45, 7) is 0.587. The number of methoxy groups -OCH3 is 1. The lowest BCUT2D eigenvalue weighted by Gasteiger charge is -2.22. The Hall–Kier alpha value is -1.92. The molecule has 3 N–H and O–H groups in total. The van der Waals surface area contributed by atoms with Crippen LogP contribution in [0.3, 0.4) is 0 Å². The molecule has 1 heterocycles. The number of likely N-dealkylation sites (tertiary alicyclic amines) is 1. The molecule has 0 aliphatic carbocycles. The first-order chi connectivity index (χ1) is 9.46. The van der Waals surface area contributed by atoms with Crippen LogP contribution in [0.15, 0.2) is 30.3 Å². The predicted octanol–water partition coefficient (Wildman–Crippen LogP) is 0.216. The summed E-state index contributed by atoms with van der Waals surface area (Å²) in [5, 5.41) is 9.22. The van der Waals surface area contributed by atoms with E-state index in [0.717, 1.165) is 5.56 Å². The molecule has 2 atom stereocenters. The second-order valence-corrected chi connectivity index (χ2v) is 5.09. The van der Waals surface area contributed by atoms with Gasteiger partial charge in [-0.1, -0.05) is 30.3 Å². The third-order valence-corrected chi connectivity index (χ3v) is 3.61. The third-order valence-electron chi connectivity index (χ3n) is 3.61. The minimum Gasteiger partial charge on any atom is -0.480 e. The first kappa shape index (κ1) is 14.5. The zero-order valence-corrected chi connectivity index (χ0v) is 11.3. The van der Waals surface area contributed by atoms with Crippen LogP contribution in [0, 0.1) is 0 Å². The molecular formula is C14H18N2O4. The van der Waals surface area contributed by atoms with Gasteiger partial charge in [0.15, 0.2) is 0 Å². The van der Waals surface area contributed by atoms with Crippen molar-refractivity contribution in [2.75, 3.05) is 13.7 Å². The van der Waals surface area contributed by atoms with E-state index in [-0.39, 0.29) is 13.0 Å². The zero-order valence-electron chi connectivity index (χ0n) is 11.3. The number of carbonyl (C=O) groups excluding carboxylic acids is 1. The van der Waals surface area contributed by atoms with Crippen LogP contribution in [0.1, 0.15) is 12.0 Å². The average molecular weight is 278 g/mol. The van der Waals surface area contributed by atoms with Crippen LogP contribution in [0.5, 0.6) is 0 Å². The quantitative estimate of drug-likeness (QED) is 0.765. The summed E-state index contributed by atoms with van der Waals surface area (Å²) in [6.07, 6.45) is 0.0574. The van der Waals surface area contributed by atoms with Crippen molar-refractivity contribution in [3.8, 4) is 0 Å². The Morgan fingerprint density at radius 1 is 1.45 bits per heavy atom. The molecule has 6 nitrogen and oxygen atoms in total. The number of hydrogen-bond donors (Lipinski definition) is 2. The molecule has 0 unspecified atom stereocenters. The standard InChI is InChI=1S/C14H18N2O4/c1-20-12(17)11-7-14(15,13(18)19)9-16(11)8-10-5-3-2-4-6-10/h2-6,11H,7-9,15H2,1H3,(H,18,19)/t11-,14-/m0/s1. The minimum absolute atomic E-state index is 0.0574. The topological polar surface area (TPSA) is 92.9 Å². The fraction of sp³-hybridized carbons (Fsp3) is 0.429. The first-order valence-electron chi connectivity index (χ1n) is 6.34. The van der Waals surface area contributed by atoms with E-state index in [2.05, 4.69) is 0 Å². The Kier molecular flexibility index (Phi) is 4.06. The van der Waals surface area contributed by atoms with Crippen molar-refractivity contribution >= 4 is 11.9 Å². The SMILES string of the molecule is COC(=O)[C@@H]1C[C@@](N)(C(=O)O)CN1Cc1ccccc1. The van der Waals surface area contributed by atoms with Crippen LogP contribution < -0.4 is 5.73 Å². The lowest BCUT2D eigenvalue weighted by Crippen LogP contribution is -2.50. The Labute approximate surface area is 117 Å². The van der Waals surface area contributed by atoms with Gasteiger partial charge in [0.25, 0.3) is 0 Å². The lowest BCUT2D eigenvalue weighted by molar-refractivity contribution is -0.146. The summed E-state index contributed by atoms with van der Waals surface area (Å²) < 4.78 is 4.75. The molecular weight excluding hydrogens is 260 g/mol. The summed E-state index contributed by atoms with van der Waals surface area (Å²) in [4.78, 5) is 24.8. The van der Waals surface area contributed by atoms with E-state index in [0.29, 0.717) is 6.54 Å². The van der Waals surface area contributed by atoms with Gasteiger partial charge < -0.3 is 15.6 Å². The van der Waals surface area contributed by atoms with Crippen LogP contribution in [0.2, 0.25) is 0 Å². The van der Waals surface area contributed by atoms with Crippen molar-refractivity contribution in [1.82, 2.24) is 4.90 Å². The average Bonchev–Trinajstić information content (AvgIpc) is 2.77. The Morgan fingerprint density at radius 2 is 2.10 bits per heavy atom. The Balaban J connectivity index is 2.20. The number of ether oxygens (including phenoxy) is 1. The van der Waals surface area contributed by atoms with Crippen molar-refractivity contribution in [3.63, 3.8) is 0 Å². The van der Waals surface area contributed by atoms with E-state index in [1.807, 2.05) is 30.3 Å². The number of nitrogens with two attached hydrogens (primary N) is 1. The van der Waals surface area contributed by atoms with Gasteiger partial charge >= 0.3 is 11.9 Å². The number of esters is 1. The summed E-state index contributed by atoms with van der Waals surface area (Å²) in [6, 6.07) is 8.91. The van der Waals surface area contributed by atoms with Crippen molar-refractivity contribution in [2.45, 2.75) is 24.5 Å². The molecule has 0 saturated carbocycles. The molecule has 6 heteroatoms. The van der Waals surface area contributed by atoms with E-state index in [9.17, 15) is 14.7 Å². The number of carboxylic acid groups (broad SMARTS) is 1. The van der Waals surface area contributed by atoms with Gasteiger partial charge in [0.05, 0.1) is 7.11 Å². The molecule has 0 aromatic heterocycles. The molecule has 2 rings (SSSR count). The molecule has 0 spiro atoms. The number of rotatable bonds is 4. The molecule has 108 valence electrons. The number of aliphatic carboxylic acids is 1. The highest BCUT2D eigenvalue weighted by atomic mass is 16.5. The second kappa shape index (κ2) is 5.60. The molecule has 0 bridgehead atoms. The summed E-state index contributed by atoms with van der Waals surface area (Å²) >= 11 is 0. The first-order valence-corrected chi connectivity index (χ1v) is 6.34. The van der Waals surface area contributed by atoms with Gasteiger partial charge in [0.2, 0.25) is 0 Å². The van der Waals surface area contributed by atoms with Gasteiger partial charge in [-0.15, -0.1) is 0 Å². The molecule has 1 aliphatic rings. The number of nitrogens with zero attached hydrogens (tertiary/aromatic N) is 1. The van der Waals surface area contributed by atoms with Crippen molar-refractivity contribution < 1.29 is 19.4 Å². The van der Waals surface area contributed by atoms with E-state index >= 15 is 0 Å². The van der Waals surface area contributed by atoms with Crippen LogP contribution >= 0.6 is 0 Å². The molecule has 1 aromatic rings. The van der Waals surface area contributed by atoms with Crippen molar-refractivity contribution in [3.05, 3.63) is 35.9 Å². The van der Waals surface area contributed by atoms with Crippen molar-refractivity contribution in [1.29, 1.82) is 0 Å². The highest BCUT2D eigenvalue weighted by Gasteiger charge is 2.49. The molecule has 1 fully saturated rings. The predicted molar refractivity (Wildman–Crippen MR) is 71.8 cm³/mol. The highest BCUT2D eigenvalue weighted by Crippen LogP contribution is 2.28. The van der Waals surface area contributed by atoms with Crippen LogP contribution in [-0.4, -0.2) is 47.2 Å². The van der Waals surface area contributed by atoms with Crippen LogP contribution in [-0.2, 0) is 20.9 Å². The smallest absolute Gasteiger partial charge is 0.325 e.